The molecule has 0 radical (unpaired) electrons. The number of rotatable bonds is 16. The number of hydrogen-bond donors (Lipinski definition) is 5. The van der Waals surface area contributed by atoms with Gasteiger partial charge in [-0.05, 0) is 65.2 Å². The average Bonchev–Trinajstić information content (AvgIpc) is 3.16. The Balaban J connectivity index is 1.16. The van der Waals surface area contributed by atoms with Crippen LogP contribution in [0.25, 0.3) is 0 Å². The van der Waals surface area contributed by atoms with Gasteiger partial charge >= 0.3 is 5.97 Å². The number of anilines is 2. The Bertz CT molecular complexity index is 1880. The summed E-state index contributed by atoms with van der Waals surface area (Å²) in [4.78, 5) is 48.0. The van der Waals surface area contributed by atoms with Gasteiger partial charge in [-0.2, -0.15) is 10.2 Å². The summed E-state index contributed by atoms with van der Waals surface area (Å²) in [5.74, 6) is -2.04. The molecule has 1 atom stereocenters. The standard InChI is InChI=1S/C40H38N6O5S/c1-28(47)42-36(39(50)51)26-52-27-38(49)44-33-19-23-35(24-20-33)46-45-34-21-17-32(18-22-34)43-37(48)25-41-40(29-11-5-2-6-12-29,30-13-7-3-8-14-30)31-15-9-4-10-16-31/h2-24,36,41H,25-27H2,1H3,(H,42,47)(H,43,48)(H,44,49)(H,50,51)/t36-/m0/s1. The first-order valence-electron chi connectivity index (χ1n) is 16.4. The first-order valence-corrected chi connectivity index (χ1v) is 17.6. The van der Waals surface area contributed by atoms with Crippen LogP contribution in [-0.4, -0.2) is 52.9 Å². The molecule has 5 N–H and O–H groups in total. The van der Waals surface area contributed by atoms with E-state index >= 15 is 0 Å². The average molecular weight is 715 g/mol. The Labute approximate surface area is 306 Å². The lowest BCUT2D eigenvalue weighted by atomic mass is 9.77. The topological polar surface area (TPSA) is 161 Å². The van der Waals surface area contributed by atoms with Gasteiger partial charge in [0.2, 0.25) is 17.7 Å². The van der Waals surface area contributed by atoms with Crippen LogP contribution in [0.1, 0.15) is 23.6 Å². The summed E-state index contributed by atoms with van der Waals surface area (Å²) in [6.45, 7) is 1.28. The number of hydrogen-bond acceptors (Lipinski definition) is 8. The van der Waals surface area contributed by atoms with E-state index in [1.54, 1.807) is 48.5 Å². The Morgan fingerprint density at radius 2 is 1.06 bits per heavy atom. The van der Waals surface area contributed by atoms with E-state index < -0.39 is 23.5 Å². The molecule has 0 aliphatic heterocycles. The lowest BCUT2D eigenvalue weighted by Crippen LogP contribution is -2.47. The van der Waals surface area contributed by atoms with Gasteiger partial charge in [0.05, 0.1) is 29.2 Å². The monoisotopic (exact) mass is 714 g/mol. The lowest BCUT2D eigenvalue weighted by molar-refractivity contribution is -0.140. The maximum atomic E-state index is 13.3. The van der Waals surface area contributed by atoms with Crippen molar-refractivity contribution in [3.05, 3.63) is 156 Å². The molecule has 0 fully saturated rings. The first-order chi connectivity index (χ1) is 25.2. The van der Waals surface area contributed by atoms with Crippen molar-refractivity contribution in [1.82, 2.24) is 10.6 Å². The Hall–Kier alpha value is -6.11. The zero-order valence-electron chi connectivity index (χ0n) is 28.4. The van der Waals surface area contributed by atoms with Crippen LogP contribution in [0.4, 0.5) is 22.7 Å². The fourth-order valence-corrected chi connectivity index (χ4v) is 6.35. The van der Waals surface area contributed by atoms with Crippen LogP contribution in [0.2, 0.25) is 0 Å². The number of thioether (sulfide) groups is 1. The van der Waals surface area contributed by atoms with Crippen molar-refractivity contribution < 1.29 is 24.3 Å². The normalized spacial score (nSPS) is 11.8. The van der Waals surface area contributed by atoms with Gasteiger partial charge in [0.15, 0.2) is 0 Å². The summed E-state index contributed by atoms with van der Waals surface area (Å²) in [7, 11) is 0. The fourth-order valence-electron chi connectivity index (χ4n) is 5.51. The largest absolute Gasteiger partial charge is 0.480 e. The number of nitrogens with zero attached hydrogens (tertiary/aromatic N) is 2. The Morgan fingerprint density at radius 3 is 1.46 bits per heavy atom. The molecule has 0 unspecified atom stereocenters. The van der Waals surface area contributed by atoms with E-state index in [1.165, 1.54) is 6.92 Å². The number of nitrogens with one attached hydrogen (secondary N) is 4. The highest BCUT2D eigenvalue weighted by Gasteiger charge is 2.36. The molecule has 0 aromatic heterocycles. The zero-order chi connectivity index (χ0) is 36.8. The highest BCUT2D eigenvalue weighted by atomic mass is 32.2. The summed E-state index contributed by atoms with van der Waals surface area (Å²) < 4.78 is 0. The van der Waals surface area contributed by atoms with Gasteiger partial charge in [-0.3, -0.25) is 19.7 Å². The van der Waals surface area contributed by atoms with Crippen LogP contribution in [0.15, 0.2) is 150 Å². The second-order valence-corrected chi connectivity index (χ2v) is 12.7. The van der Waals surface area contributed by atoms with Crippen molar-refractivity contribution >= 4 is 58.2 Å². The van der Waals surface area contributed by atoms with E-state index in [0.29, 0.717) is 22.7 Å². The summed E-state index contributed by atoms with van der Waals surface area (Å²) in [6, 6.07) is 43.0. The van der Waals surface area contributed by atoms with Crippen LogP contribution in [0.3, 0.4) is 0 Å². The van der Waals surface area contributed by atoms with E-state index in [1.807, 2.05) is 54.6 Å². The fraction of sp³-hybridized carbons (Fsp3) is 0.150. The number of carboxylic acid groups (broad SMARTS) is 1. The van der Waals surface area contributed by atoms with Crippen molar-refractivity contribution in [3.8, 4) is 0 Å². The second-order valence-electron chi connectivity index (χ2n) is 11.7. The molecule has 0 spiro atoms. The Morgan fingerprint density at radius 1 is 0.635 bits per heavy atom. The molecule has 5 aromatic carbocycles. The third-order valence-electron chi connectivity index (χ3n) is 7.91. The Kier molecular flexibility index (Phi) is 13.0. The molecule has 0 bridgehead atoms. The van der Waals surface area contributed by atoms with E-state index in [2.05, 4.69) is 67.9 Å². The molecule has 0 aliphatic carbocycles. The molecule has 264 valence electrons. The molecule has 12 heteroatoms. The van der Waals surface area contributed by atoms with Gasteiger partial charge in [-0.25, -0.2) is 4.79 Å². The maximum Gasteiger partial charge on any atom is 0.327 e. The maximum absolute atomic E-state index is 13.3. The molecule has 0 aliphatic rings. The lowest BCUT2D eigenvalue weighted by Gasteiger charge is -2.37. The second kappa shape index (κ2) is 18.2. The van der Waals surface area contributed by atoms with Gasteiger partial charge in [-0.1, -0.05) is 91.0 Å². The minimum atomic E-state index is -1.16. The molecule has 11 nitrogen and oxygen atoms in total. The third-order valence-corrected chi connectivity index (χ3v) is 8.95. The minimum Gasteiger partial charge on any atom is -0.480 e. The van der Waals surface area contributed by atoms with E-state index in [-0.39, 0.29) is 29.9 Å². The van der Waals surface area contributed by atoms with E-state index in [4.69, 9.17) is 0 Å². The molecular weight excluding hydrogens is 677 g/mol. The van der Waals surface area contributed by atoms with Crippen molar-refractivity contribution in [3.63, 3.8) is 0 Å². The summed E-state index contributed by atoms with van der Waals surface area (Å²) in [6.07, 6.45) is 0. The van der Waals surface area contributed by atoms with E-state index in [9.17, 15) is 24.3 Å². The third kappa shape index (κ3) is 10.2. The highest BCUT2D eigenvalue weighted by molar-refractivity contribution is 8.00. The van der Waals surface area contributed by atoms with Crippen molar-refractivity contribution in [1.29, 1.82) is 0 Å². The quantitative estimate of drug-likeness (QED) is 0.0550. The van der Waals surface area contributed by atoms with Crippen molar-refractivity contribution in [2.75, 3.05) is 28.7 Å². The SMILES string of the molecule is CC(=O)N[C@@H](CSCC(=O)Nc1ccc(N=Nc2ccc(NC(=O)CNC(c3ccccc3)(c3ccccc3)c3ccccc3)cc2)cc1)C(=O)O. The molecule has 0 saturated heterocycles. The molecule has 3 amide bonds. The number of carbonyl (C=O) groups is 4. The van der Waals surface area contributed by atoms with Crippen molar-refractivity contribution in [2.45, 2.75) is 18.5 Å². The number of carboxylic acids is 1. The van der Waals surface area contributed by atoms with Gasteiger partial charge < -0.3 is 21.1 Å². The zero-order valence-corrected chi connectivity index (χ0v) is 29.2. The van der Waals surface area contributed by atoms with Crippen LogP contribution in [0, 0.1) is 0 Å². The number of azo groups is 1. The summed E-state index contributed by atoms with van der Waals surface area (Å²) in [5.41, 5.74) is 4.57. The van der Waals surface area contributed by atoms with E-state index in [0.717, 1.165) is 28.5 Å². The minimum absolute atomic E-state index is 0.0215. The molecule has 5 aromatic rings. The van der Waals surface area contributed by atoms with Crippen molar-refractivity contribution in [2.24, 2.45) is 10.2 Å². The van der Waals surface area contributed by atoms with Crippen LogP contribution >= 0.6 is 11.8 Å². The van der Waals surface area contributed by atoms with Gasteiger partial charge in [-0.15, -0.1) is 11.8 Å². The van der Waals surface area contributed by atoms with Gasteiger partial charge in [0.25, 0.3) is 0 Å². The molecule has 0 heterocycles. The van der Waals surface area contributed by atoms with Gasteiger partial charge in [0, 0.05) is 24.1 Å². The first kappa shape index (κ1) is 37.2. The highest BCUT2D eigenvalue weighted by Crippen LogP contribution is 2.36. The predicted octanol–water partition coefficient (Wildman–Crippen LogP) is 6.88. The molecule has 5 rings (SSSR count). The molecule has 52 heavy (non-hydrogen) atoms. The summed E-state index contributed by atoms with van der Waals surface area (Å²) in [5, 5.41) is 29.4. The number of amides is 3. The smallest absolute Gasteiger partial charge is 0.327 e. The number of carbonyl (C=O) groups excluding carboxylic acids is 3. The van der Waals surface area contributed by atoms with Crippen LogP contribution < -0.4 is 21.3 Å². The number of aliphatic carboxylic acids is 1. The number of benzene rings is 5. The van der Waals surface area contributed by atoms with Crippen LogP contribution in [-0.2, 0) is 24.7 Å². The van der Waals surface area contributed by atoms with Gasteiger partial charge in [0.1, 0.15) is 6.04 Å². The summed E-state index contributed by atoms with van der Waals surface area (Å²) >= 11 is 1.10. The van der Waals surface area contributed by atoms with Crippen LogP contribution in [0.5, 0.6) is 0 Å². The molecular formula is C40H38N6O5S. The predicted molar refractivity (Wildman–Crippen MR) is 204 cm³/mol. The molecule has 0 saturated carbocycles.